The second-order valence-corrected chi connectivity index (χ2v) is 15.0. The molecular formula is C26H39N5O13P4S. The lowest BCUT2D eigenvalue weighted by Crippen LogP contribution is -2.42. The van der Waals surface area contributed by atoms with Crippen molar-refractivity contribution in [2.24, 2.45) is 26.8 Å². The summed E-state index contributed by atoms with van der Waals surface area (Å²) >= 11 is 0. The highest BCUT2D eigenvalue weighted by atomic mass is 32.2. The molecule has 0 saturated heterocycles. The number of nitrogens with zero attached hydrogens (tertiary/aromatic N) is 3. The van der Waals surface area contributed by atoms with Gasteiger partial charge in [0, 0.05) is 19.4 Å². The SMILES string of the molecule is O=C(CC(=O)P=NP)OCCN(CCOC(=O)CC(=O)P=NP)C(=O)OCCOCCNS(=O)(=O)NC(=O)OCC1[C@H]2CCC#CCC[C@@H]12. The van der Waals surface area contributed by atoms with Crippen LogP contribution in [0.1, 0.15) is 38.5 Å². The molecule has 5 atom stereocenters. The summed E-state index contributed by atoms with van der Waals surface area (Å²) in [4.78, 5) is 72.4. The summed E-state index contributed by atoms with van der Waals surface area (Å²) < 4.78 is 60.7. The summed E-state index contributed by atoms with van der Waals surface area (Å²) in [5.41, 5.74) is -0.970. The van der Waals surface area contributed by atoms with Gasteiger partial charge in [-0.25, -0.2) is 23.3 Å². The number of ether oxygens (including phenoxy) is 5. The fourth-order valence-electron chi connectivity index (χ4n) is 4.64. The Labute approximate surface area is 292 Å². The second kappa shape index (κ2) is 23.7. The van der Waals surface area contributed by atoms with Crippen LogP contribution in [0.4, 0.5) is 9.59 Å². The van der Waals surface area contributed by atoms with Crippen LogP contribution in [0.2, 0.25) is 0 Å². The van der Waals surface area contributed by atoms with Crippen LogP contribution >= 0.6 is 35.5 Å². The number of amides is 2. The number of nitrogens with one attached hydrogen (secondary N) is 2. The van der Waals surface area contributed by atoms with E-state index in [1.807, 2.05) is 18.8 Å². The van der Waals surface area contributed by atoms with Gasteiger partial charge in [0.2, 0.25) is 11.0 Å². The summed E-state index contributed by atoms with van der Waals surface area (Å²) in [5.74, 6) is 5.65. The maximum absolute atomic E-state index is 12.6. The number of fused-ring (bicyclic) bond motifs is 1. The van der Waals surface area contributed by atoms with E-state index in [-0.39, 0.29) is 81.9 Å². The summed E-state index contributed by atoms with van der Waals surface area (Å²) in [6, 6.07) is 0. The molecule has 2 aliphatic carbocycles. The molecule has 2 aliphatic rings. The van der Waals surface area contributed by atoms with Crippen LogP contribution < -0.4 is 9.44 Å². The molecule has 0 heterocycles. The van der Waals surface area contributed by atoms with Crippen LogP contribution in [0.25, 0.3) is 0 Å². The predicted octanol–water partition coefficient (Wildman–Crippen LogP) is 2.20. The van der Waals surface area contributed by atoms with Crippen molar-refractivity contribution in [3.63, 3.8) is 0 Å². The third-order valence-corrected chi connectivity index (χ3v) is 9.60. The van der Waals surface area contributed by atoms with Gasteiger partial charge < -0.3 is 28.6 Å². The molecule has 1 fully saturated rings. The zero-order chi connectivity index (χ0) is 36.1. The van der Waals surface area contributed by atoms with E-state index < -0.39 is 58.2 Å². The number of carbonyl (C=O) groups excluding carboxylic acids is 6. The molecule has 0 aromatic rings. The average Bonchev–Trinajstić information content (AvgIpc) is 3.66. The summed E-state index contributed by atoms with van der Waals surface area (Å²) in [6.45, 7) is -1.52. The van der Waals surface area contributed by atoms with Gasteiger partial charge in [-0.2, -0.15) is 13.1 Å². The Morgan fingerprint density at radius 2 is 1.33 bits per heavy atom. The Morgan fingerprint density at radius 1 is 0.776 bits per heavy atom. The highest BCUT2D eigenvalue weighted by molar-refractivity contribution is 7.88. The van der Waals surface area contributed by atoms with Gasteiger partial charge in [0.05, 0.1) is 49.7 Å². The van der Waals surface area contributed by atoms with E-state index in [2.05, 4.69) is 25.6 Å². The molecule has 49 heavy (non-hydrogen) atoms. The smallest absolute Gasteiger partial charge is 0.421 e. The minimum atomic E-state index is -4.20. The number of hydrogen-bond acceptors (Lipinski definition) is 15. The summed E-state index contributed by atoms with van der Waals surface area (Å²) in [6.07, 6.45) is 0.529. The highest BCUT2D eigenvalue weighted by Crippen LogP contribution is 2.52. The van der Waals surface area contributed by atoms with Gasteiger partial charge in [0.25, 0.3) is 0 Å². The Kier molecular flexibility index (Phi) is 20.5. The Hall–Kier alpha value is -2.69. The third kappa shape index (κ3) is 18.8. The highest BCUT2D eigenvalue weighted by Gasteiger charge is 2.49. The molecule has 0 radical (unpaired) electrons. The third-order valence-electron chi connectivity index (χ3n) is 6.89. The largest absolute Gasteiger partial charge is 0.463 e. The van der Waals surface area contributed by atoms with Crippen molar-refractivity contribution in [2.45, 2.75) is 38.5 Å². The van der Waals surface area contributed by atoms with Gasteiger partial charge in [-0.1, -0.05) is 0 Å². The van der Waals surface area contributed by atoms with E-state index >= 15 is 0 Å². The lowest BCUT2D eigenvalue weighted by molar-refractivity contribution is -0.145. The van der Waals surface area contributed by atoms with Crippen LogP contribution in [-0.4, -0.2) is 108 Å². The van der Waals surface area contributed by atoms with Gasteiger partial charge >= 0.3 is 34.3 Å². The first kappa shape index (κ1) is 42.5. The molecule has 23 heteroatoms. The predicted molar refractivity (Wildman–Crippen MR) is 181 cm³/mol. The van der Waals surface area contributed by atoms with Crippen molar-refractivity contribution in [2.75, 3.05) is 59.3 Å². The fourth-order valence-corrected chi connectivity index (χ4v) is 6.77. The van der Waals surface area contributed by atoms with Crippen molar-refractivity contribution < 1.29 is 60.9 Å². The summed E-state index contributed by atoms with van der Waals surface area (Å²) in [5, 5.41) is 0. The molecule has 0 spiro atoms. The Morgan fingerprint density at radius 3 is 1.86 bits per heavy atom. The number of hydrogen-bond donors (Lipinski definition) is 2. The number of carbonyl (C=O) groups is 6. The molecule has 2 N–H and O–H groups in total. The standard InChI is InChI=1S/C26H39N5O13P4S/c32-21(15-23(34)47-29-45)41-11-8-31(9-12-42-22(33)16-24(35)48-30-46)26(37)43-14-13-40-10-7-27-49(38,39)28-25(36)44-17-20-18-5-3-1-2-4-6-19(18)20/h18-20,27H,3-17,45-46H2,(H,28,36)/t18-,19+,20?. The molecule has 0 aromatic carbocycles. The lowest BCUT2D eigenvalue weighted by Gasteiger charge is -2.22. The zero-order valence-electron chi connectivity index (χ0n) is 26.4. The van der Waals surface area contributed by atoms with E-state index in [4.69, 9.17) is 23.7 Å². The topological polar surface area (TPSA) is 235 Å². The minimum absolute atomic E-state index is 0.0738. The van der Waals surface area contributed by atoms with E-state index in [1.54, 1.807) is 4.72 Å². The van der Waals surface area contributed by atoms with E-state index in [0.717, 1.165) is 30.6 Å². The van der Waals surface area contributed by atoms with Crippen LogP contribution in [0.15, 0.2) is 9.03 Å². The van der Waals surface area contributed by atoms with Crippen molar-refractivity contribution in [3.05, 3.63) is 0 Å². The second-order valence-electron chi connectivity index (χ2n) is 10.2. The molecule has 0 aromatic heterocycles. The fraction of sp³-hybridized carbons (Fsp3) is 0.692. The maximum Gasteiger partial charge on any atom is 0.421 e. The van der Waals surface area contributed by atoms with Crippen molar-refractivity contribution >= 4 is 80.9 Å². The number of esters is 2. The average molecular weight is 786 g/mol. The van der Waals surface area contributed by atoms with Crippen LogP contribution in [0, 0.1) is 29.6 Å². The normalized spacial score (nSPS) is 18.2. The van der Waals surface area contributed by atoms with Gasteiger partial charge in [0.1, 0.15) is 32.7 Å². The van der Waals surface area contributed by atoms with Gasteiger partial charge in [-0.15, -0.1) is 11.8 Å². The van der Waals surface area contributed by atoms with Gasteiger partial charge in [-0.05, 0) is 49.4 Å². The van der Waals surface area contributed by atoms with E-state index in [9.17, 15) is 37.2 Å². The first-order chi connectivity index (χ1) is 23.5. The Bertz CT molecular complexity index is 1340. The Balaban J connectivity index is 1.67. The van der Waals surface area contributed by atoms with Crippen molar-refractivity contribution in [1.82, 2.24) is 14.3 Å². The van der Waals surface area contributed by atoms with Gasteiger partial charge in [-0.3, -0.25) is 19.2 Å². The van der Waals surface area contributed by atoms with Crippen LogP contribution in [0.5, 0.6) is 0 Å². The van der Waals surface area contributed by atoms with Crippen LogP contribution in [0.3, 0.4) is 0 Å². The van der Waals surface area contributed by atoms with E-state index in [0.29, 0.717) is 11.8 Å². The first-order valence-electron chi connectivity index (χ1n) is 14.9. The monoisotopic (exact) mass is 785 g/mol. The molecule has 3 unspecified atom stereocenters. The first-order valence-corrected chi connectivity index (χ1v) is 19.1. The maximum atomic E-state index is 12.6. The van der Waals surface area contributed by atoms with Crippen LogP contribution in [-0.2, 0) is 53.1 Å². The zero-order valence-corrected chi connectivity index (χ0v) is 31.4. The van der Waals surface area contributed by atoms with E-state index in [1.165, 1.54) is 0 Å². The molecule has 18 nitrogen and oxygen atoms in total. The molecule has 272 valence electrons. The van der Waals surface area contributed by atoms with Crippen molar-refractivity contribution in [1.29, 1.82) is 0 Å². The summed E-state index contributed by atoms with van der Waals surface area (Å²) in [7, 11) is -0.0620. The lowest BCUT2D eigenvalue weighted by atomic mass is 10.1. The van der Waals surface area contributed by atoms with Crippen molar-refractivity contribution in [3.8, 4) is 11.8 Å². The quantitative estimate of drug-likeness (QED) is 0.0401. The molecule has 1 saturated carbocycles. The molecule has 0 bridgehead atoms. The van der Waals surface area contributed by atoms with Gasteiger partial charge in [0.15, 0.2) is 0 Å². The molecular weight excluding hydrogens is 746 g/mol. The molecule has 2 rings (SSSR count). The molecule has 2 amide bonds. The number of rotatable bonds is 22. The molecule has 0 aliphatic heterocycles. The minimum Gasteiger partial charge on any atom is -0.463 e.